The molecule has 0 saturated carbocycles. The van der Waals surface area contributed by atoms with Gasteiger partial charge in [-0.25, -0.2) is 4.99 Å². The van der Waals surface area contributed by atoms with Crippen molar-refractivity contribution in [1.82, 2.24) is 15.6 Å². The van der Waals surface area contributed by atoms with E-state index in [1.165, 1.54) is 12.1 Å². The highest BCUT2D eigenvalue weighted by atomic mass is 16.6. The number of non-ortho nitro benzene ring substituents is 1. The Hall–Kier alpha value is -3.74. The maximum absolute atomic E-state index is 10.8. The Kier molecular flexibility index (Phi) is 7.49. The van der Waals surface area contributed by atoms with Crippen molar-refractivity contribution in [2.24, 2.45) is 4.99 Å². The number of nitro groups is 1. The number of nitrogens with one attached hydrogen (secondary N) is 2. The first-order valence-electron chi connectivity index (χ1n) is 9.85. The van der Waals surface area contributed by atoms with Gasteiger partial charge in [-0.2, -0.15) is 0 Å². The molecule has 154 valence electrons. The predicted molar refractivity (Wildman–Crippen MR) is 118 cm³/mol. The Labute approximate surface area is 176 Å². The molecule has 7 heteroatoms. The molecule has 0 aliphatic carbocycles. The van der Waals surface area contributed by atoms with Gasteiger partial charge in [0.15, 0.2) is 5.96 Å². The van der Waals surface area contributed by atoms with Gasteiger partial charge in [0, 0.05) is 37.0 Å². The fourth-order valence-corrected chi connectivity index (χ4v) is 2.93. The van der Waals surface area contributed by atoms with Crippen LogP contribution in [-0.4, -0.2) is 22.4 Å². The van der Waals surface area contributed by atoms with E-state index in [4.69, 9.17) is 0 Å². The molecule has 1 unspecified atom stereocenters. The third-order valence-electron chi connectivity index (χ3n) is 4.62. The average molecular weight is 403 g/mol. The normalized spacial score (nSPS) is 12.2. The monoisotopic (exact) mass is 403 g/mol. The zero-order valence-electron chi connectivity index (χ0n) is 16.9. The summed E-state index contributed by atoms with van der Waals surface area (Å²) in [6, 6.07) is 22.5. The number of hydrogen-bond donors (Lipinski definition) is 2. The van der Waals surface area contributed by atoms with Gasteiger partial charge < -0.3 is 10.6 Å². The van der Waals surface area contributed by atoms with Gasteiger partial charge in [0.2, 0.25) is 0 Å². The fourth-order valence-electron chi connectivity index (χ4n) is 2.93. The highest BCUT2D eigenvalue weighted by molar-refractivity contribution is 5.80. The van der Waals surface area contributed by atoms with Gasteiger partial charge in [-0.1, -0.05) is 48.5 Å². The molecule has 0 aliphatic heterocycles. The zero-order chi connectivity index (χ0) is 21.2. The Morgan fingerprint density at radius 3 is 2.47 bits per heavy atom. The van der Waals surface area contributed by atoms with E-state index in [-0.39, 0.29) is 11.7 Å². The highest BCUT2D eigenvalue weighted by Crippen LogP contribution is 2.13. The van der Waals surface area contributed by atoms with Crippen LogP contribution in [0.3, 0.4) is 0 Å². The second-order valence-electron chi connectivity index (χ2n) is 6.86. The van der Waals surface area contributed by atoms with Crippen molar-refractivity contribution in [2.45, 2.75) is 25.9 Å². The number of nitrogens with zero attached hydrogens (tertiary/aromatic N) is 3. The highest BCUT2D eigenvalue weighted by Gasteiger charge is 2.08. The molecule has 0 aliphatic rings. The van der Waals surface area contributed by atoms with Crippen LogP contribution in [0, 0.1) is 10.1 Å². The van der Waals surface area contributed by atoms with E-state index < -0.39 is 4.92 Å². The van der Waals surface area contributed by atoms with Gasteiger partial charge in [-0.3, -0.25) is 15.1 Å². The summed E-state index contributed by atoms with van der Waals surface area (Å²) in [6.07, 6.45) is 2.56. The molecule has 0 fully saturated rings. The van der Waals surface area contributed by atoms with Crippen molar-refractivity contribution >= 4 is 11.6 Å². The summed E-state index contributed by atoms with van der Waals surface area (Å²) >= 11 is 0. The lowest BCUT2D eigenvalue weighted by Crippen LogP contribution is -2.39. The summed E-state index contributed by atoms with van der Waals surface area (Å²) in [5.74, 6) is 0.681. The minimum absolute atomic E-state index is 0.0733. The smallest absolute Gasteiger partial charge is 0.269 e. The van der Waals surface area contributed by atoms with Gasteiger partial charge in [-0.05, 0) is 30.2 Å². The van der Waals surface area contributed by atoms with E-state index in [9.17, 15) is 10.1 Å². The van der Waals surface area contributed by atoms with Crippen LogP contribution >= 0.6 is 0 Å². The Bertz CT molecular complexity index is 960. The number of hydrogen-bond acceptors (Lipinski definition) is 4. The number of nitro benzene ring substituents is 1. The standard InChI is InChI=1S/C23H25N5O2/c1-18(20-7-3-2-4-8-20)27-23(25-16-14-21-9-5-6-15-24-21)26-17-19-10-12-22(13-11-19)28(29)30/h2-13,15,18H,14,16-17H2,1H3,(H2,25,26,27). The molecule has 3 aromatic rings. The first-order valence-corrected chi connectivity index (χ1v) is 9.85. The van der Waals surface area contributed by atoms with E-state index in [0.29, 0.717) is 19.0 Å². The molecule has 3 rings (SSSR count). The van der Waals surface area contributed by atoms with Crippen LogP contribution in [0.2, 0.25) is 0 Å². The minimum Gasteiger partial charge on any atom is -0.356 e. The summed E-state index contributed by atoms with van der Waals surface area (Å²) in [5, 5.41) is 17.6. The molecule has 1 aromatic heterocycles. The number of benzene rings is 2. The quantitative estimate of drug-likeness (QED) is 0.256. The van der Waals surface area contributed by atoms with Gasteiger partial charge in [0.05, 0.1) is 17.5 Å². The number of aliphatic imine (C=N–C) groups is 1. The Balaban J connectivity index is 1.66. The molecule has 1 heterocycles. The topological polar surface area (TPSA) is 92.5 Å². The molecule has 0 amide bonds. The van der Waals surface area contributed by atoms with Crippen LogP contribution in [0.15, 0.2) is 84.0 Å². The SMILES string of the molecule is CC(NC(=NCc1ccc([N+](=O)[O-])cc1)NCCc1ccccn1)c1ccccc1. The van der Waals surface area contributed by atoms with E-state index in [2.05, 4.69) is 39.7 Å². The van der Waals surface area contributed by atoms with Crippen molar-refractivity contribution in [3.63, 3.8) is 0 Å². The summed E-state index contributed by atoms with van der Waals surface area (Å²) < 4.78 is 0. The zero-order valence-corrected chi connectivity index (χ0v) is 16.9. The first-order chi connectivity index (χ1) is 14.6. The van der Waals surface area contributed by atoms with Crippen LogP contribution < -0.4 is 10.6 Å². The first kappa shape index (κ1) is 21.0. The van der Waals surface area contributed by atoms with E-state index in [1.54, 1.807) is 18.3 Å². The number of pyridine rings is 1. The maximum Gasteiger partial charge on any atom is 0.269 e. The van der Waals surface area contributed by atoms with Crippen LogP contribution in [-0.2, 0) is 13.0 Å². The van der Waals surface area contributed by atoms with E-state index >= 15 is 0 Å². The average Bonchev–Trinajstić information content (AvgIpc) is 2.79. The van der Waals surface area contributed by atoms with Crippen molar-refractivity contribution in [3.8, 4) is 0 Å². The van der Waals surface area contributed by atoms with Crippen molar-refractivity contribution in [3.05, 3.63) is 106 Å². The van der Waals surface area contributed by atoms with E-state index in [0.717, 1.165) is 23.2 Å². The molecule has 2 N–H and O–H groups in total. The van der Waals surface area contributed by atoms with Crippen molar-refractivity contribution in [2.75, 3.05) is 6.54 Å². The van der Waals surface area contributed by atoms with E-state index in [1.807, 2.05) is 36.4 Å². The maximum atomic E-state index is 10.8. The molecule has 0 saturated heterocycles. The molecule has 2 aromatic carbocycles. The second-order valence-corrected chi connectivity index (χ2v) is 6.86. The minimum atomic E-state index is -0.402. The summed E-state index contributed by atoms with van der Waals surface area (Å²) in [4.78, 5) is 19.4. The lowest BCUT2D eigenvalue weighted by molar-refractivity contribution is -0.384. The van der Waals surface area contributed by atoms with Crippen LogP contribution in [0.25, 0.3) is 0 Å². The molecule has 0 bridgehead atoms. The number of aromatic nitrogens is 1. The summed E-state index contributed by atoms with van der Waals surface area (Å²) in [7, 11) is 0. The molecule has 0 spiro atoms. The van der Waals surface area contributed by atoms with Gasteiger partial charge >= 0.3 is 0 Å². The van der Waals surface area contributed by atoms with Crippen LogP contribution in [0.4, 0.5) is 5.69 Å². The third-order valence-corrected chi connectivity index (χ3v) is 4.62. The molecular weight excluding hydrogens is 378 g/mol. The fraction of sp³-hybridized carbons (Fsp3) is 0.217. The molecular formula is C23H25N5O2. The number of rotatable bonds is 8. The Morgan fingerprint density at radius 2 is 1.80 bits per heavy atom. The van der Waals surface area contributed by atoms with Crippen molar-refractivity contribution < 1.29 is 4.92 Å². The van der Waals surface area contributed by atoms with Gasteiger partial charge in [0.1, 0.15) is 0 Å². The molecule has 1 atom stereocenters. The van der Waals surface area contributed by atoms with Crippen LogP contribution in [0.1, 0.15) is 29.8 Å². The largest absolute Gasteiger partial charge is 0.356 e. The van der Waals surface area contributed by atoms with Gasteiger partial charge in [0.25, 0.3) is 5.69 Å². The lowest BCUT2D eigenvalue weighted by Gasteiger charge is -2.19. The summed E-state index contributed by atoms with van der Waals surface area (Å²) in [6.45, 7) is 3.18. The second kappa shape index (κ2) is 10.7. The predicted octanol–water partition coefficient (Wildman–Crippen LogP) is 4.03. The van der Waals surface area contributed by atoms with Gasteiger partial charge in [-0.15, -0.1) is 0 Å². The van der Waals surface area contributed by atoms with Crippen molar-refractivity contribution in [1.29, 1.82) is 0 Å². The third kappa shape index (κ3) is 6.41. The molecule has 30 heavy (non-hydrogen) atoms. The molecule has 7 nitrogen and oxygen atoms in total. The van der Waals surface area contributed by atoms with Crippen LogP contribution in [0.5, 0.6) is 0 Å². The number of guanidine groups is 1. The Morgan fingerprint density at radius 1 is 1.07 bits per heavy atom. The summed E-state index contributed by atoms with van der Waals surface area (Å²) in [5.41, 5.74) is 3.15. The molecule has 0 radical (unpaired) electrons. The lowest BCUT2D eigenvalue weighted by atomic mass is 10.1.